The second kappa shape index (κ2) is 10.7. The summed E-state index contributed by atoms with van der Waals surface area (Å²) in [7, 11) is 1.50. The lowest BCUT2D eigenvalue weighted by atomic mass is 10.1. The zero-order valence-electron chi connectivity index (χ0n) is 17.2. The van der Waals surface area contributed by atoms with Crippen LogP contribution in [0.15, 0.2) is 71.8 Å². The molecular formula is C24H21FN2O5. The van der Waals surface area contributed by atoms with E-state index in [9.17, 15) is 14.0 Å². The highest BCUT2D eigenvalue weighted by atomic mass is 19.1. The molecule has 8 heteroatoms. The summed E-state index contributed by atoms with van der Waals surface area (Å²) in [5.41, 5.74) is 4.67. The third-order valence-corrected chi connectivity index (χ3v) is 4.44. The van der Waals surface area contributed by atoms with Crippen molar-refractivity contribution in [1.82, 2.24) is 5.43 Å². The maximum absolute atomic E-state index is 12.9. The second-order valence-corrected chi connectivity index (χ2v) is 6.80. The molecule has 164 valence electrons. The predicted molar refractivity (Wildman–Crippen MR) is 117 cm³/mol. The molecule has 2 N–H and O–H groups in total. The van der Waals surface area contributed by atoms with E-state index in [0.717, 1.165) is 0 Å². The van der Waals surface area contributed by atoms with E-state index in [0.29, 0.717) is 28.2 Å². The Kier molecular flexibility index (Phi) is 7.53. The molecule has 0 aliphatic carbocycles. The number of carboxylic acids is 1. The number of hydrazone groups is 1. The fourth-order valence-corrected chi connectivity index (χ4v) is 2.84. The summed E-state index contributed by atoms with van der Waals surface area (Å²) in [6.45, 7) is 0.171. The minimum absolute atomic E-state index is 0.0802. The van der Waals surface area contributed by atoms with E-state index >= 15 is 0 Å². The van der Waals surface area contributed by atoms with Crippen LogP contribution in [-0.2, 0) is 17.8 Å². The number of ether oxygens (including phenoxy) is 2. The summed E-state index contributed by atoms with van der Waals surface area (Å²) in [6.07, 6.45) is 1.54. The van der Waals surface area contributed by atoms with E-state index in [1.54, 1.807) is 48.5 Å². The first-order chi connectivity index (χ1) is 15.4. The Morgan fingerprint density at radius 1 is 1.03 bits per heavy atom. The first kappa shape index (κ1) is 22.5. The van der Waals surface area contributed by atoms with Gasteiger partial charge in [0.1, 0.15) is 12.4 Å². The van der Waals surface area contributed by atoms with E-state index < -0.39 is 5.97 Å². The van der Waals surface area contributed by atoms with Crippen LogP contribution in [0.3, 0.4) is 0 Å². The van der Waals surface area contributed by atoms with Gasteiger partial charge < -0.3 is 14.6 Å². The molecule has 0 radical (unpaired) electrons. The lowest BCUT2D eigenvalue weighted by molar-refractivity contribution is -0.120. The molecular weight excluding hydrogens is 415 g/mol. The van der Waals surface area contributed by atoms with Crippen molar-refractivity contribution in [1.29, 1.82) is 0 Å². The summed E-state index contributed by atoms with van der Waals surface area (Å²) < 4.78 is 24.0. The molecule has 32 heavy (non-hydrogen) atoms. The van der Waals surface area contributed by atoms with Gasteiger partial charge >= 0.3 is 5.97 Å². The normalized spacial score (nSPS) is 10.7. The van der Waals surface area contributed by atoms with E-state index in [1.807, 2.05) is 0 Å². The van der Waals surface area contributed by atoms with Crippen LogP contribution in [0.25, 0.3) is 0 Å². The Morgan fingerprint density at radius 3 is 2.53 bits per heavy atom. The number of carbonyl (C=O) groups is 2. The fourth-order valence-electron chi connectivity index (χ4n) is 2.84. The summed E-state index contributed by atoms with van der Waals surface area (Å²) in [4.78, 5) is 23.0. The number of hydrogen-bond acceptors (Lipinski definition) is 5. The number of methoxy groups -OCH3 is 1. The third-order valence-electron chi connectivity index (χ3n) is 4.44. The number of rotatable bonds is 9. The van der Waals surface area contributed by atoms with Gasteiger partial charge in [-0.2, -0.15) is 5.10 Å². The zero-order valence-corrected chi connectivity index (χ0v) is 17.2. The van der Waals surface area contributed by atoms with E-state index in [-0.39, 0.29) is 30.3 Å². The molecule has 0 atom stereocenters. The van der Waals surface area contributed by atoms with Crippen LogP contribution in [0.5, 0.6) is 11.5 Å². The summed E-state index contributed by atoms with van der Waals surface area (Å²) in [5.74, 6) is -0.754. The van der Waals surface area contributed by atoms with Gasteiger partial charge in [-0.3, -0.25) is 4.79 Å². The van der Waals surface area contributed by atoms with Crippen LogP contribution in [-0.4, -0.2) is 30.3 Å². The number of aromatic carboxylic acids is 1. The van der Waals surface area contributed by atoms with Crippen LogP contribution in [0.4, 0.5) is 4.39 Å². The highest BCUT2D eigenvalue weighted by Gasteiger charge is 2.08. The molecule has 0 fully saturated rings. The lowest BCUT2D eigenvalue weighted by Crippen LogP contribution is -2.19. The van der Waals surface area contributed by atoms with Crippen molar-refractivity contribution in [3.8, 4) is 11.5 Å². The van der Waals surface area contributed by atoms with Crippen molar-refractivity contribution in [2.24, 2.45) is 5.10 Å². The number of carboxylic acid groups (broad SMARTS) is 1. The van der Waals surface area contributed by atoms with Gasteiger partial charge in [0, 0.05) is 0 Å². The number of nitrogens with one attached hydrogen (secondary N) is 1. The molecule has 0 aliphatic rings. The average molecular weight is 436 g/mol. The van der Waals surface area contributed by atoms with Crippen molar-refractivity contribution >= 4 is 18.1 Å². The van der Waals surface area contributed by atoms with E-state index in [4.69, 9.17) is 14.6 Å². The first-order valence-electron chi connectivity index (χ1n) is 9.64. The Balaban J connectivity index is 1.58. The molecule has 7 nitrogen and oxygen atoms in total. The summed E-state index contributed by atoms with van der Waals surface area (Å²) in [6, 6.07) is 17.3. The van der Waals surface area contributed by atoms with Gasteiger partial charge in [0.25, 0.3) is 0 Å². The summed E-state index contributed by atoms with van der Waals surface area (Å²) >= 11 is 0. The molecule has 0 unspecified atom stereocenters. The number of hydrogen-bond donors (Lipinski definition) is 2. The Bertz CT molecular complexity index is 1130. The van der Waals surface area contributed by atoms with Gasteiger partial charge in [-0.15, -0.1) is 0 Å². The highest BCUT2D eigenvalue weighted by Crippen LogP contribution is 2.28. The molecule has 0 saturated carbocycles. The van der Waals surface area contributed by atoms with E-state index in [1.165, 1.54) is 31.5 Å². The molecule has 3 aromatic carbocycles. The van der Waals surface area contributed by atoms with Gasteiger partial charge in [-0.25, -0.2) is 14.6 Å². The molecule has 1 amide bonds. The number of halogens is 1. The number of amides is 1. The minimum atomic E-state index is -1.00. The Hall–Kier alpha value is -4.20. The van der Waals surface area contributed by atoms with Crippen LogP contribution in [0.1, 0.15) is 27.0 Å². The molecule has 0 heterocycles. The average Bonchev–Trinajstić information content (AvgIpc) is 2.79. The quantitative estimate of drug-likeness (QED) is 0.393. The van der Waals surface area contributed by atoms with Gasteiger partial charge in [-0.05, 0) is 59.2 Å². The number of nitrogens with zero attached hydrogens (tertiary/aromatic N) is 1. The maximum atomic E-state index is 12.9. The SMILES string of the molecule is COc1cc(/C=N/NC(=O)Cc2ccc(F)cc2)ccc1OCc1cccc(C(=O)O)c1. The van der Waals surface area contributed by atoms with Crippen molar-refractivity contribution < 1.29 is 28.6 Å². The zero-order chi connectivity index (χ0) is 22.9. The third kappa shape index (κ3) is 6.40. The van der Waals surface area contributed by atoms with Crippen LogP contribution >= 0.6 is 0 Å². The van der Waals surface area contributed by atoms with E-state index in [2.05, 4.69) is 10.5 Å². The molecule has 0 aliphatic heterocycles. The second-order valence-electron chi connectivity index (χ2n) is 6.80. The van der Waals surface area contributed by atoms with Gasteiger partial charge in [0.05, 0.1) is 25.3 Å². The first-order valence-corrected chi connectivity index (χ1v) is 9.64. The topological polar surface area (TPSA) is 97.2 Å². The minimum Gasteiger partial charge on any atom is -0.493 e. The molecule has 0 spiro atoms. The Labute approximate surface area is 184 Å². The molecule has 3 aromatic rings. The van der Waals surface area contributed by atoms with Crippen molar-refractivity contribution in [3.63, 3.8) is 0 Å². The molecule has 0 aromatic heterocycles. The van der Waals surface area contributed by atoms with Crippen molar-refractivity contribution in [3.05, 3.63) is 94.8 Å². The van der Waals surface area contributed by atoms with Crippen LogP contribution in [0.2, 0.25) is 0 Å². The highest BCUT2D eigenvalue weighted by molar-refractivity contribution is 5.87. The van der Waals surface area contributed by atoms with Crippen LogP contribution < -0.4 is 14.9 Å². The van der Waals surface area contributed by atoms with Crippen molar-refractivity contribution in [2.75, 3.05) is 7.11 Å². The van der Waals surface area contributed by atoms with Crippen molar-refractivity contribution in [2.45, 2.75) is 13.0 Å². The molecule has 0 bridgehead atoms. The van der Waals surface area contributed by atoms with Gasteiger partial charge in [0.15, 0.2) is 11.5 Å². The smallest absolute Gasteiger partial charge is 0.335 e. The van der Waals surface area contributed by atoms with Gasteiger partial charge in [-0.1, -0.05) is 24.3 Å². The number of benzene rings is 3. The predicted octanol–water partition coefficient (Wildman–Crippen LogP) is 3.80. The van der Waals surface area contributed by atoms with Gasteiger partial charge in [0.2, 0.25) is 5.91 Å². The molecule has 0 saturated heterocycles. The number of carbonyl (C=O) groups excluding carboxylic acids is 1. The standard InChI is InChI=1S/C24H21FN2O5/c1-31-22-12-17(14-26-27-23(28)13-16-5-8-20(25)9-6-16)7-10-21(22)32-15-18-3-2-4-19(11-18)24(29)30/h2-12,14H,13,15H2,1H3,(H,27,28)(H,29,30)/b26-14+. The monoisotopic (exact) mass is 436 g/mol. The summed E-state index contributed by atoms with van der Waals surface area (Å²) in [5, 5.41) is 13.0. The maximum Gasteiger partial charge on any atom is 0.335 e. The Morgan fingerprint density at radius 2 is 1.81 bits per heavy atom. The lowest BCUT2D eigenvalue weighted by Gasteiger charge is -2.11. The fraction of sp³-hybridized carbons (Fsp3) is 0.125. The largest absolute Gasteiger partial charge is 0.493 e. The molecule has 3 rings (SSSR count). The van der Waals surface area contributed by atoms with Crippen LogP contribution in [0, 0.1) is 5.82 Å².